The highest BCUT2D eigenvalue weighted by atomic mass is 32.1. The van der Waals surface area contributed by atoms with Crippen molar-refractivity contribution in [2.24, 2.45) is 0 Å². The highest BCUT2D eigenvalue weighted by Gasteiger charge is 2.22. The maximum Gasteiger partial charge on any atom is 0.276 e. The lowest BCUT2D eigenvalue weighted by Gasteiger charge is -2.22. The molecule has 6 heteroatoms. The first-order chi connectivity index (χ1) is 15.7. The van der Waals surface area contributed by atoms with Crippen molar-refractivity contribution in [1.29, 1.82) is 0 Å². The van der Waals surface area contributed by atoms with Crippen molar-refractivity contribution < 1.29 is 9.53 Å². The molecule has 0 aliphatic rings. The average Bonchev–Trinajstić information content (AvgIpc) is 3.45. The molecular weight excluding hydrogens is 418 g/mol. The topological polar surface area (TPSA) is 46.8 Å². The molecule has 0 aliphatic carbocycles. The first-order valence-electron chi connectivity index (χ1n) is 10.2. The Bertz CT molecular complexity index is 1340. The van der Waals surface area contributed by atoms with E-state index in [1.54, 1.807) is 7.11 Å². The number of methoxy groups -OCH3 is 1. The van der Waals surface area contributed by atoms with Crippen LogP contribution in [0.15, 0.2) is 96.5 Å². The molecule has 2 heterocycles. The Morgan fingerprint density at radius 3 is 2.34 bits per heavy atom. The zero-order valence-electron chi connectivity index (χ0n) is 17.5. The molecule has 5 nitrogen and oxygen atoms in total. The molecule has 0 saturated carbocycles. The van der Waals surface area contributed by atoms with Crippen LogP contribution in [0.25, 0.3) is 16.2 Å². The van der Waals surface area contributed by atoms with Crippen LogP contribution in [0.1, 0.15) is 16.1 Å². The normalized spacial score (nSPS) is 10.9. The molecule has 32 heavy (non-hydrogen) atoms. The van der Waals surface area contributed by atoms with E-state index in [2.05, 4.69) is 0 Å². The van der Waals surface area contributed by atoms with Gasteiger partial charge in [0, 0.05) is 22.8 Å². The molecule has 0 radical (unpaired) electrons. The lowest BCUT2D eigenvalue weighted by Crippen LogP contribution is -2.31. The number of thiazole rings is 1. The van der Waals surface area contributed by atoms with Gasteiger partial charge in [0.1, 0.15) is 11.4 Å². The Kier molecular flexibility index (Phi) is 5.44. The molecular formula is C26H21N3O2S. The predicted octanol–water partition coefficient (Wildman–Crippen LogP) is 5.92. The minimum Gasteiger partial charge on any atom is -0.497 e. The monoisotopic (exact) mass is 439 g/mol. The molecule has 158 valence electrons. The van der Waals surface area contributed by atoms with Crippen LogP contribution in [0.3, 0.4) is 0 Å². The fourth-order valence-electron chi connectivity index (χ4n) is 3.63. The van der Waals surface area contributed by atoms with E-state index in [1.165, 1.54) is 11.3 Å². The van der Waals surface area contributed by atoms with Crippen LogP contribution >= 0.6 is 11.3 Å². The predicted molar refractivity (Wildman–Crippen MR) is 128 cm³/mol. The van der Waals surface area contributed by atoms with Gasteiger partial charge in [0.2, 0.25) is 0 Å². The summed E-state index contributed by atoms with van der Waals surface area (Å²) in [5.74, 6) is 0.732. The van der Waals surface area contributed by atoms with E-state index in [9.17, 15) is 4.79 Å². The van der Waals surface area contributed by atoms with Gasteiger partial charge in [-0.3, -0.25) is 9.20 Å². The minimum atomic E-state index is -0.0648. The van der Waals surface area contributed by atoms with Gasteiger partial charge in [0.25, 0.3) is 5.91 Å². The van der Waals surface area contributed by atoms with Gasteiger partial charge in [-0.2, -0.15) is 0 Å². The van der Waals surface area contributed by atoms with Crippen LogP contribution < -0.4 is 9.64 Å². The summed E-state index contributed by atoms with van der Waals surface area (Å²) in [5, 5.41) is 1.88. The van der Waals surface area contributed by atoms with Crippen molar-refractivity contribution in [1.82, 2.24) is 9.38 Å². The summed E-state index contributed by atoms with van der Waals surface area (Å²) < 4.78 is 7.13. The average molecular weight is 440 g/mol. The van der Waals surface area contributed by atoms with E-state index >= 15 is 0 Å². The largest absolute Gasteiger partial charge is 0.497 e. The number of hydrogen-bond donors (Lipinski definition) is 0. The third-order valence-electron chi connectivity index (χ3n) is 5.31. The van der Waals surface area contributed by atoms with Crippen LogP contribution in [-0.2, 0) is 6.54 Å². The number of anilines is 1. The number of amides is 1. The zero-order chi connectivity index (χ0) is 21.9. The summed E-state index contributed by atoms with van der Waals surface area (Å²) in [7, 11) is 1.65. The first-order valence-corrected chi connectivity index (χ1v) is 11.1. The number of carbonyl (C=O) groups is 1. The Balaban J connectivity index is 1.51. The van der Waals surface area contributed by atoms with Gasteiger partial charge in [0.05, 0.1) is 19.3 Å². The highest BCUT2D eigenvalue weighted by molar-refractivity contribution is 7.15. The lowest BCUT2D eigenvalue weighted by molar-refractivity contribution is 0.0979. The Morgan fingerprint density at radius 1 is 0.969 bits per heavy atom. The number of fused-ring (bicyclic) bond motifs is 1. The summed E-state index contributed by atoms with van der Waals surface area (Å²) >= 11 is 1.46. The Hall–Kier alpha value is -3.90. The summed E-state index contributed by atoms with van der Waals surface area (Å²) in [4.78, 5) is 21.0. The number of carbonyl (C=O) groups excluding carboxylic acids is 1. The summed E-state index contributed by atoms with van der Waals surface area (Å²) in [6.07, 6.45) is 1.92. The van der Waals surface area contributed by atoms with E-state index in [-0.39, 0.29) is 5.91 Å². The van der Waals surface area contributed by atoms with Gasteiger partial charge in [0.15, 0.2) is 4.96 Å². The van der Waals surface area contributed by atoms with E-state index in [4.69, 9.17) is 9.72 Å². The number of rotatable bonds is 6. The molecule has 0 aliphatic heterocycles. The SMILES string of the molecule is COc1ccc(-c2cn3c(C(=O)N(Cc4ccccc4)c4ccccc4)csc3n2)cc1. The number of para-hydroxylation sites is 1. The molecule has 0 bridgehead atoms. The van der Waals surface area contributed by atoms with Crippen molar-refractivity contribution in [2.45, 2.75) is 6.54 Å². The van der Waals surface area contributed by atoms with E-state index in [0.29, 0.717) is 12.2 Å². The number of hydrogen-bond acceptors (Lipinski definition) is 4. The maximum absolute atomic E-state index is 13.7. The standard InChI is InChI=1S/C26H21N3O2S/c1-31-22-14-12-20(13-15-22)23-17-29-24(18-32-26(29)27-23)25(30)28(21-10-6-3-7-11-21)16-19-8-4-2-5-9-19/h2-15,17-18H,16H2,1H3. The van der Waals surface area contributed by atoms with Gasteiger partial charge < -0.3 is 9.64 Å². The van der Waals surface area contributed by atoms with Gasteiger partial charge in [-0.15, -0.1) is 11.3 Å². The molecule has 2 aromatic heterocycles. The number of imidazole rings is 1. The minimum absolute atomic E-state index is 0.0648. The van der Waals surface area contributed by atoms with Gasteiger partial charge in [-0.05, 0) is 42.0 Å². The molecule has 3 aromatic carbocycles. The molecule has 0 N–H and O–H groups in total. The first kappa shape index (κ1) is 20.0. The number of benzene rings is 3. The van der Waals surface area contributed by atoms with E-state index < -0.39 is 0 Å². The molecule has 0 spiro atoms. The second kappa shape index (κ2) is 8.69. The Labute approximate surface area is 190 Å². The number of aromatic nitrogens is 2. The van der Waals surface area contributed by atoms with E-state index in [1.807, 2.05) is 106 Å². The Morgan fingerprint density at radius 2 is 1.66 bits per heavy atom. The van der Waals surface area contributed by atoms with Crippen LogP contribution in [0.5, 0.6) is 5.75 Å². The maximum atomic E-state index is 13.7. The highest BCUT2D eigenvalue weighted by Crippen LogP contribution is 2.27. The second-order valence-corrected chi connectivity index (χ2v) is 8.18. The molecule has 0 saturated heterocycles. The molecule has 0 atom stereocenters. The van der Waals surface area contributed by atoms with E-state index in [0.717, 1.165) is 33.2 Å². The van der Waals surface area contributed by atoms with Crippen molar-refractivity contribution in [3.8, 4) is 17.0 Å². The van der Waals surface area contributed by atoms with Crippen LogP contribution in [0, 0.1) is 0 Å². The third-order valence-corrected chi connectivity index (χ3v) is 6.15. The summed E-state index contributed by atoms with van der Waals surface area (Å²) in [6.45, 7) is 0.487. The van der Waals surface area contributed by atoms with Gasteiger partial charge in [-0.1, -0.05) is 48.5 Å². The fraction of sp³-hybridized carbons (Fsp3) is 0.0769. The van der Waals surface area contributed by atoms with Crippen LogP contribution in [0.4, 0.5) is 5.69 Å². The van der Waals surface area contributed by atoms with Crippen molar-refractivity contribution in [3.05, 3.63) is 108 Å². The van der Waals surface area contributed by atoms with Crippen molar-refractivity contribution in [3.63, 3.8) is 0 Å². The zero-order valence-corrected chi connectivity index (χ0v) is 18.3. The van der Waals surface area contributed by atoms with Crippen molar-refractivity contribution in [2.75, 3.05) is 12.0 Å². The second-order valence-electron chi connectivity index (χ2n) is 7.34. The summed E-state index contributed by atoms with van der Waals surface area (Å²) in [6, 6.07) is 27.5. The number of nitrogens with zero attached hydrogens (tertiary/aromatic N) is 3. The van der Waals surface area contributed by atoms with Gasteiger partial charge >= 0.3 is 0 Å². The fourth-order valence-corrected chi connectivity index (χ4v) is 4.48. The third kappa shape index (κ3) is 3.88. The molecule has 0 unspecified atom stereocenters. The molecule has 5 rings (SSSR count). The van der Waals surface area contributed by atoms with Crippen molar-refractivity contribution >= 4 is 27.9 Å². The molecule has 0 fully saturated rings. The number of ether oxygens (including phenoxy) is 1. The van der Waals surface area contributed by atoms with Crippen LogP contribution in [-0.4, -0.2) is 22.4 Å². The summed E-state index contributed by atoms with van der Waals surface area (Å²) in [5.41, 5.74) is 4.32. The van der Waals surface area contributed by atoms with Crippen LogP contribution in [0.2, 0.25) is 0 Å². The molecule has 1 amide bonds. The smallest absolute Gasteiger partial charge is 0.276 e. The molecule has 5 aromatic rings. The lowest BCUT2D eigenvalue weighted by atomic mass is 10.1. The van der Waals surface area contributed by atoms with Gasteiger partial charge in [-0.25, -0.2) is 4.98 Å². The quantitative estimate of drug-likeness (QED) is 0.330.